The molecule has 4 aliphatic rings. The van der Waals surface area contributed by atoms with Crippen molar-refractivity contribution in [2.24, 2.45) is 22.7 Å². The van der Waals surface area contributed by atoms with Gasteiger partial charge in [-0.15, -0.1) is 0 Å². The van der Waals surface area contributed by atoms with E-state index < -0.39 is 113 Å². The summed E-state index contributed by atoms with van der Waals surface area (Å²) in [5.74, 6) is -6.40. The maximum atomic E-state index is 15.6. The van der Waals surface area contributed by atoms with Crippen molar-refractivity contribution in [3.8, 4) is 0 Å². The first-order valence-electron chi connectivity index (χ1n) is 20.9. The van der Waals surface area contributed by atoms with Crippen molar-refractivity contribution in [2.75, 3.05) is 13.7 Å². The molecule has 2 saturated carbocycles. The zero-order chi connectivity index (χ0) is 45.6. The van der Waals surface area contributed by atoms with Crippen LogP contribution in [0, 0.1) is 22.7 Å². The lowest BCUT2D eigenvalue weighted by Crippen LogP contribution is -2.81. The Bertz CT molecular complexity index is 2300. The van der Waals surface area contributed by atoms with Crippen molar-refractivity contribution in [1.82, 2.24) is 5.32 Å². The zero-order valence-electron chi connectivity index (χ0n) is 36.2. The van der Waals surface area contributed by atoms with Crippen LogP contribution in [-0.2, 0) is 42.8 Å². The van der Waals surface area contributed by atoms with Crippen molar-refractivity contribution in [3.05, 3.63) is 119 Å². The second-order valence-electron chi connectivity index (χ2n) is 17.6. The quantitative estimate of drug-likeness (QED) is 0.135. The third kappa shape index (κ3) is 7.59. The summed E-state index contributed by atoms with van der Waals surface area (Å²) in [4.78, 5) is 83.8. The van der Waals surface area contributed by atoms with Gasteiger partial charge in [0.25, 0.3) is 5.91 Å². The molecule has 2 bridgehead atoms. The molecule has 3 aromatic rings. The Kier molecular flexibility index (Phi) is 12.2. The monoisotopic (exact) mass is 867 g/mol. The SMILES string of the molecule is COC(=O)O[C@H]1C[C@H]2OC[C@@]2(OC(C)=O)C2C(OC(=O)c3ccccc3)[C@]3(O)C[C@H](OC(=O)[C@H](O)[C@@H](NC(=O)c4ccccc4)c4ccccc4)C(C)=C([C@@H](C)C(=O)[C@@]21C)C3(C)C. The van der Waals surface area contributed by atoms with E-state index in [1.807, 2.05) is 0 Å². The summed E-state index contributed by atoms with van der Waals surface area (Å²) in [6.45, 7) is 9.14. The number of aliphatic hydroxyl groups excluding tert-OH is 1. The summed E-state index contributed by atoms with van der Waals surface area (Å²) in [5.41, 5.74) is -5.74. The van der Waals surface area contributed by atoms with Gasteiger partial charge in [0.05, 0.1) is 36.7 Å². The molecule has 1 amide bonds. The molecule has 2 unspecified atom stereocenters. The van der Waals surface area contributed by atoms with Crippen molar-refractivity contribution >= 4 is 35.8 Å². The molecule has 3 aromatic carbocycles. The largest absolute Gasteiger partial charge is 0.508 e. The van der Waals surface area contributed by atoms with Crippen molar-refractivity contribution in [3.63, 3.8) is 0 Å². The Balaban J connectivity index is 1.37. The molecule has 3 fully saturated rings. The number of carbonyl (C=O) groups is 6. The number of ketones is 1. The summed E-state index contributed by atoms with van der Waals surface area (Å²) in [6.07, 6.45) is -9.04. The molecule has 1 aliphatic heterocycles. The molecule has 3 aliphatic carbocycles. The van der Waals surface area contributed by atoms with Crippen LogP contribution in [0.25, 0.3) is 0 Å². The van der Waals surface area contributed by atoms with Crippen molar-refractivity contribution in [1.29, 1.82) is 0 Å². The van der Waals surface area contributed by atoms with Gasteiger partial charge in [-0.25, -0.2) is 14.4 Å². The van der Waals surface area contributed by atoms with E-state index in [4.69, 9.17) is 28.4 Å². The van der Waals surface area contributed by atoms with Gasteiger partial charge in [0.2, 0.25) is 0 Å². The number of Topliss-reactive ketones (excluding diaryl/α,β-unsaturated/α-hetero) is 1. The van der Waals surface area contributed by atoms with Gasteiger partial charge in [0.15, 0.2) is 11.7 Å². The average molecular weight is 868 g/mol. The molecule has 1 saturated heterocycles. The Morgan fingerprint density at radius 3 is 2.00 bits per heavy atom. The molecule has 3 N–H and O–H groups in total. The minimum Gasteiger partial charge on any atom is -0.456 e. The first-order valence-corrected chi connectivity index (χ1v) is 20.9. The van der Waals surface area contributed by atoms with E-state index in [0.29, 0.717) is 16.7 Å². The maximum absolute atomic E-state index is 15.6. The van der Waals surface area contributed by atoms with E-state index in [-0.39, 0.29) is 24.2 Å². The Labute approximate surface area is 365 Å². The molecule has 334 valence electrons. The standard InChI is InChI=1S/C48H53NO14/c1-26-32(60-43(55)37(51)36(29-17-11-8-12-18-29)49-41(53)30-19-13-9-14-20-30)24-48(57)40(62-42(54)31-21-15-10-16-22-31)38-46(6,39(52)27(2)35(26)45(48,4)5)33(61-44(56)58-7)23-34-47(38,25-59-34)63-28(3)50/h8-22,27,32-34,36-38,40,51,57H,23-25H2,1-7H3,(H,49,53)/t27-,32+,33+,34-,36+,37-,38?,40?,46-,47+,48-/m1/s1. The number of ether oxygens (including phenoxy) is 6. The Morgan fingerprint density at radius 2 is 1.44 bits per heavy atom. The molecule has 7 rings (SSSR count). The van der Waals surface area contributed by atoms with Crippen LogP contribution in [-0.4, -0.2) is 101 Å². The molecule has 15 heteroatoms. The highest BCUT2D eigenvalue weighted by atomic mass is 16.7. The van der Waals surface area contributed by atoms with Gasteiger partial charge in [-0.05, 0) is 54.8 Å². The van der Waals surface area contributed by atoms with E-state index in [0.717, 1.165) is 7.11 Å². The normalized spacial score (nSPS) is 31.5. The third-order valence-corrected chi connectivity index (χ3v) is 13.9. The lowest BCUT2D eigenvalue weighted by Gasteiger charge is -2.67. The van der Waals surface area contributed by atoms with Crippen LogP contribution in [0.2, 0.25) is 0 Å². The zero-order valence-corrected chi connectivity index (χ0v) is 36.2. The number of rotatable bonds is 10. The molecular weight excluding hydrogens is 815 g/mol. The number of carbonyl (C=O) groups excluding carboxylic acids is 6. The highest BCUT2D eigenvalue weighted by Gasteiger charge is 2.78. The number of aliphatic hydroxyl groups is 2. The summed E-state index contributed by atoms with van der Waals surface area (Å²) in [5, 5.41) is 28.3. The molecule has 63 heavy (non-hydrogen) atoms. The minimum absolute atomic E-state index is 0.0989. The highest BCUT2D eigenvalue weighted by Crippen LogP contribution is 2.65. The average Bonchev–Trinajstić information content (AvgIpc) is 3.26. The lowest BCUT2D eigenvalue weighted by molar-refractivity contribution is -0.345. The van der Waals surface area contributed by atoms with Crippen LogP contribution in [0.5, 0.6) is 0 Å². The molecule has 1 heterocycles. The van der Waals surface area contributed by atoms with Crippen molar-refractivity contribution in [2.45, 2.75) is 102 Å². The molecule has 15 nitrogen and oxygen atoms in total. The maximum Gasteiger partial charge on any atom is 0.508 e. The fraction of sp³-hybridized carbons (Fsp3) is 0.458. The lowest BCUT2D eigenvalue weighted by atomic mass is 9.43. The van der Waals surface area contributed by atoms with E-state index >= 15 is 4.79 Å². The number of nitrogens with one attached hydrogen (secondary N) is 1. The first-order chi connectivity index (χ1) is 29.8. The number of fused-ring (bicyclic) bond motifs is 5. The van der Waals surface area contributed by atoms with E-state index in [1.54, 1.807) is 113 Å². The smallest absolute Gasteiger partial charge is 0.456 e. The number of methoxy groups -OCH3 is 1. The number of benzene rings is 3. The van der Waals surface area contributed by atoms with Gasteiger partial charge >= 0.3 is 24.1 Å². The molecule has 0 radical (unpaired) electrons. The molecule has 0 spiro atoms. The van der Waals surface area contributed by atoms with E-state index in [2.05, 4.69) is 5.32 Å². The molecule has 0 aromatic heterocycles. The summed E-state index contributed by atoms with van der Waals surface area (Å²) in [6, 6.07) is 23.3. The number of esters is 3. The van der Waals surface area contributed by atoms with Crippen LogP contribution in [0.4, 0.5) is 4.79 Å². The van der Waals surface area contributed by atoms with E-state index in [9.17, 15) is 34.2 Å². The number of amides is 1. The summed E-state index contributed by atoms with van der Waals surface area (Å²) >= 11 is 0. The van der Waals surface area contributed by atoms with Gasteiger partial charge < -0.3 is 44.0 Å². The Hall–Kier alpha value is -5.90. The van der Waals surface area contributed by atoms with Gasteiger partial charge in [-0.2, -0.15) is 0 Å². The predicted molar refractivity (Wildman–Crippen MR) is 223 cm³/mol. The van der Waals surface area contributed by atoms with Gasteiger partial charge in [0, 0.05) is 36.7 Å². The number of hydrogen-bond donors (Lipinski definition) is 3. The van der Waals surface area contributed by atoms with Gasteiger partial charge in [0.1, 0.15) is 35.8 Å². The second-order valence-corrected chi connectivity index (χ2v) is 17.6. The minimum atomic E-state index is -2.26. The van der Waals surface area contributed by atoms with Gasteiger partial charge in [-0.1, -0.05) is 87.5 Å². The molecular formula is C48H53NO14. The first kappa shape index (κ1) is 45.1. The van der Waals surface area contributed by atoms with E-state index in [1.165, 1.54) is 19.1 Å². The third-order valence-electron chi connectivity index (χ3n) is 13.9. The fourth-order valence-electron chi connectivity index (χ4n) is 10.8. The fourth-order valence-corrected chi connectivity index (χ4v) is 10.8. The van der Waals surface area contributed by atoms with Gasteiger partial charge in [-0.3, -0.25) is 14.4 Å². The summed E-state index contributed by atoms with van der Waals surface area (Å²) < 4.78 is 35.5. The van der Waals surface area contributed by atoms with Crippen LogP contribution in [0.3, 0.4) is 0 Å². The second kappa shape index (κ2) is 17.0. The molecule has 11 atom stereocenters. The van der Waals surface area contributed by atoms with Crippen LogP contribution >= 0.6 is 0 Å². The van der Waals surface area contributed by atoms with Crippen LogP contribution < -0.4 is 5.32 Å². The highest BCUT2D eigenvalue weighted by molar-refractivity contribution is 5.95. The number of hydrogen-bond acceptors (Lipinski definition) is 14. The predicted octanol–water partition coefficient (Wildman–Crippen LogP) is 5.23. The van der Waals surface area contributed by atoms with Crippen molar-refractivity contribution < 1.29 is 67.4 Å². The summed E-state index contributed by atoms with van der Waals surface area (Å²) in [7, 11) is 1.11. The topological polar surface area (TPSA) is 210 Å². The Morgan fingerprint density at radius 1 is 0.857 bits per heavy atom. The van der Waals surface area contributed by atoms with Crippen LogP contribution in [0.15, 0.2) is 102 Å². The van der Waals surface area contributed by atoms with Crippen LogP contribution in [0.1, 0.15) is 86.7 Å².